The lowest BCUT2D eigenvalue weighted by Crippen LogP contribution is -2.44. The molecule has 0 saturated carbocycles. The first-order valence-corrected chi connectivity index (χ1v) is 7.95. The summed E-state index contributed by atoms with van der Waals surface area (Å²) < 4.78 is 0. The standard InChI is InChI=1S/C15H27N3O2/c1-2-15(7-9-16-12-15)14(20)17-8-6-13(19)18-10-4-3-5-11-18/h16H,2-12H2,1H3,(H,17,20). The maximum atomic E-state index is 12.3. The van der Waals surface area contributed by atoms with Crippen LogP contribution in [0.15, 0.2) is 0 Å². The van der Waals surface area contributed by atoms with Crippen LogP contribution in [0.3, 0.4) is 0 Å². The van der Waals surface area contributed by atoms with Gasteiger partial charge in [-0.05, 0) is 38.6 Å². The van der Waals surface area contributed by atoms with Crippen molar-refractivity contribution in [3.05, 3.63) is 0 Å². The maximum Gasteiger partial charge on any atom is 0.227 e. The molecule has 2 aliphatic rings. The summed E-state index contributed by atoms with van der Waals surface area (Å²) in [7, 11) is 0. The van der Waals surface area contributed by atoms with Crippen molar-refractivity contribution in [3.63, 3.8) is 0 Å². The predicted molar refractivity (Wildman–Crippen MR) is 78.3 cm³/mol. The van der Waals surface area contributed by atoms with Gasteiger partial charge in [0.2, 0.25) is 11.8 Å². The second kappa shape index (κ2) is 7.07. The Kier molecular flexibility index (Phi) is 5.40. The molecule has 0 radical (unpaired) electrons. The van der Waals surface area contributed by atoms with Crippen LogP contribution in [0.25, 0.3) is 0 Å². The lowest BCUT2D eigenvalue weighted by Gasteiger charge is -2.28. The van der Waals surface area contributed by atoms with Crippen molar-refractivity contribution in [2.75, 3.05) is 32.7 Å². The monoisotopic (exact) mass is 281 g/mol. The largest absolute Gasteiger partial charge is 0.355 e. The minimum atomic E-state index is -0.256. The fourth-order valence-corrected chi connectivity index (χ4v) is 3.17. The van der Waals surface area contributed by atoms with Gasteiger partial charge in [0.05, 0.1) is 5.41 Å². The zero-order valence-corrected chi connectivity index (χ0v) is 12.5. The highest BCUT2D eigenvalue weighted by Crippen LogP contribution is 2.29. The lowest BCUT2D eigenvalue weighted by atomic mass is 9.83. The Morgan fingerprint density at radius 3 is 2.60 bits per heavy atom. The van der Waals surface area contributed by atoms with E-state index in [9.17, 15) is 9.59 Å². The number of rotatable bonds is 5. The van der Waals surface area contributed by atoms with Gasteiger partial charge in [-0.1, -0.05) is 6.92 Å². The predicted octanol–water partition coefficient (Wildman–Crippen LogP) is 0.895. The quantitative estimate of drug-likeness (QED) is 0.787. The zero-order valence-electron chi connectivity index (χ0n) is 12.5. The number of nitrogens with one attached hydrogen (secondary N) is 2. The van der Waals surface area contributed by atoms with Crippen molar-refractivity contribution >= 4 is 11.8 Å². The van der Waals surface area contributed by atoms with Crippen LogP contribution in [0, 0.1) is 5.41 Å². The second-order valence-electron chi connectivity index (χ2n) is 6.01. The number of nitrogens with zero attached hydrogens (tertiary/aromatic N) is 1. The molecule has 114 valence electrons. The average molecular weight is 281 g/mol. The summed E-state index contributed by atoms with van der Waals surface area (Å²) in [6.07, 6.45) is 5.64. The fraction of sp³-hybridized carbons (Fsp3) is 0.867. The molecular weight excluding hydrogens is 254 g/mol. The summed E-state index contributed by atoms with van der Waals surface area (Å²) in [6.45, 7) is 5.97. The average Bonchev–Trinajstić information content (AvgIpc) is 2.98. The molecule has 1 unspecified atom stereocenters. The van der Waals surface area contributed by atoms with E-state index in [-0.39, 0.29) is 17.2 Å². The Hall–Kier alpha value is -1.10. The van der Waals surface area contributed by atoms with Crippen molar-refractivity contribution in [2.24, 2.45) is 5.41 Å². The highest BCUT2D eigenvalue weighted by molar-refractivity contribution is 5.84. The lowest BCUT2D eigenvalue weighted by molar-refractivity contribution is -0.132. The van der Waals surface area contributed by atoms with Gasteiger partial charge >= 0.3 is 0 Å². The SMILES string of the molecule is CCC1(C(=O)NCCC(=O)N2CCCCC2)CCNC1. The summed E-state index contributed by atoms with van der Waals surface area (Å²) in [5.41, 5.74) is -0.256. The van der Waals surface area contributed by atoms with Crippen LogP contribution < -0.4 is 10.6 Å². The smallest absolute Gasteiger partial charge is 0.227 e. The summed E-state index contributed by atoms with van der Waals surface area (Å²) in [5, 5.41) is 6.22. The first-order chi connectivity index (χ1) is 9.68. The molecule has 0 spiro atoms. The van der Waals surface area contributed by atoms with Crippen LogP contribution >= 0.6 is 0 Å². The number of likely N-dealkylation sites (tertiary alicyclic amines) is 1. The van der Waals surface area contributed by atoms with Gasteiger partial charge in [-0.2, -0.15) is 0 Å². The fourth-order valence-electron chi connectivity index (χ4n) is 3.17. The molecule has 0 aromatic carbocycles. The van der Waals surface area contributed by atoms with Crippen LogP contribution in [0.1, 0.15) is 45.4 Å². The van der Waals surface area contributed by atoms with Gasteiger partial charge in [0.1, 0.15) is 0 Å². The number of carbonyl (C=O) groups is 2. The van der Waals surface area contributed by atoms with E-state index in [0.29, 0.717) is 13.0 Å². The topological polar surface area (TPSA) is 61.4 Å². The molecule has 2 heterocycles. The maximum absolute atomic E-state index is 12.3. The molecule has 2 saturated heterocycles. The van der Waals surface area contributed by atoms with Crippen molar-refractivity contribution in [1.82, 2.24) is 15.5 Å². The van der Waals surface area contributed by atoms with E-state index in [1.165, 1.54) is 6.42 Å². The summed E-state index contributed by atoms with van der Waals surface area (Å²) in [4.78, 5) is 26.2. The van der Waals surface area contributed by atoms with Crippen LogP contribution in [-0.4, -0.2) is 49.4 Å². The van der Waals surface area contributed by atoms with E-state index >= 15 is 0 Å². The van der Waals surface area contributed by atoms with Crippen molar-refractivity contribution < 1.29 is 9.59 Å². The van der Waals surface area contributed by atoms with E-state index in [1.54, 1.807) is 0 Å². The molecule has 0 aromatic rings. The van der Waals surface area contributed by atoms with E-state index in [2.05, 4.69) is 17.6 Å². The zero-order chi connectivity index (χ0) is 14.4. The number of hydrogen-bond acceptors (Lipinski definition) is 3. The van der Waals surface area contributed by atoms with E-state index < -0.39 is 0 Å². The normalized spacial score (nSPS) is 26.6. The molecule has 0 aliphatic carbocycles. The minimum absolute atomic E-state index is 0.108. The number of carbonyl (C=O) groups excluding carboxylic acids is 2. The summed E-state index contributed by atoms with van der Waals surface area (Å²) in [6, 6.07) is 0. The Labute approximate surface area is 121 Å². The molecule has 1 atom stereocenters. The van der Waals surface area contributed by atoms with Gasteiger partial charge < -0.3 is 15.5 Å². The molecule has 2 rings (SSSR count). The van der Waals surface area contributed by atoms with Crippen LogP contribution in [-0.2, 0) is 9.59 Å². The summed E-state index contributed by atoms with van der Waals surface area (Å²) >= 11 is 0. The molecule has 0 bridgehead atoms. The third kappa shape index (κ3) is 3.51. The van der Waals surface area contributed by atoms with E-state index in [4.69, 9.17) is 0 Å². The molecule has 2 aliphatic heterocycles. The molecule has 2 N–H and O–H groups in total. The van der Waals surface area contributed by atoms with Crippen LogP contribution in [0.5, 0.6) is 0 Å². The number of amides is 2. The Balaban J connectivity index is 1.72. The Bertz CT molecular complexity index is 345. The first kappa shape index (κ1) is 15.3. The van der Waals surface area contributed by atoms with Gasteiger partial charge in [-0.25, -0.2) is 0 Å². The van der Waals surface area contributed by atoms with Crippen molar-refractivity contribution in [2.45, 2.75) is 45.4 Å². The van der Waals surface area contributed by atoms with Gasteiger partial charge in [0.15, 0.2) is 0 Å². The van der Waals surface area contributed by atoms with Gasteiger partial charge in [-0.3, -0.25) is 9.59 Å². The molecule has 20 heavy (non-hydrogen) atoms. The molecule has 2 fully saturated rings. The second-order valence-corrected chi connectivity index (χ2v) is 6.01. The molecule has 5 heteroatoms. The van der Waals surface area contributed by atoms with Crippen LogP contribution in [0.4, 0.5) is 0 Å². The van der Waals surface area contributed by atoms with Crippen molar-refractivity contribution in [3.8, 4) is 0 Å². The minimum Gasteiger partial charge on any atom is -0.355 e. The van der Waals surface area contributed by atoms with E-state index in [0.717, 1.165) is 51.9 Å². The Morgan fingerprint density at radius 1 is 1.25 bits per heavy atom. The number of piperidine rings is 1. The third-order valence-electron chi connectivity index (χ3n) is 4.74. The van der Waals surface area contributed by atoms with Crippen molar-refractivity contribution in [1.29, 1.82) is 0 Å². The highest BCUT2D eigenvalue weighted by Gasteiger charge is 2.39. The van der Waals surface area contributed by atoms with Crippen LogP contribution in [0.2, 0.25) is 0 Å². The number of hydrogen-bond donors (Lipinski definition) is 2. The molecule has 2 amide bonds. The molecule has 5 nitrogen and oxygen atoms in total. The third-order valence-corrected chi connectivity index (χ3v) is 4.74. The van der Waals surface area contributed by atoms with Gasteiger partial charge in [-0.15, -0.1) is 0 Å². The molecule has 0 aromatic heterocycles. The first-order valence-electron chi connectivity index (χ1n) is 7.95. The molecular formula is C15H27N3O2. The van der Waals surface area contributed by atoms with Gasteiger partial charge in [0, 0.05) is 32.6 Å². The Morgan fingerprint density at radius 2 is 2.00 bits per heavy atom. The summed E-state index contributed by atoms with van der Waals surface area (Å²) in [5.74, 6) is 0.288. The highest BCUT2D eigenvalue weighted by atomic mass is 16.2. The van der Waals surface area contributed by atoms with Gasteiger partial charge in [0.25, 0.3) is 0 Å². The van der Waals surface area contributed by atoms with E-state index in [1.807, 2.05) is 4.90 Å².